The Morgan fingerprint density at radius 1 is 1.44 bits per heavy atom. The first kappa shape index (κ1) is 11.6. The van der Waals surface area contributed by atoms with Crippen LogP contribution in [0.25, 0.3) is 0 Å². The molecule has 0 radical (unpaired) electrons. The molecule has 1 saturated carbocycles. The van der Waals surface area contributed by atoms with Crippen molar-refractivity contribution in [2.45, 2.75) is 51.5 Å². The topological polar surface area (TPSA) is 43.8 Å². The van der Waals surface area contributed by atoms with Crippen LogP contribution in [0.1, 0.15) is 56.0 Å². The zero-order valence-corrected chi connectivity index (χ0v) is 10.4. The third kappa shape index (κ3) is 2.64. The van der Waals surface area contributed by atoms with Crippen molar-refractivity contribution in [1.29, 1.82) is 0 Å². The number of aryl methyl sites for hydroxylation is 2. The SMILES string of the molecule is Cc1cc(C(N)CC2CCCCC2)n(C)n1. The smallest absolute Gasteiger partial charge is 0.0597 e. The maximum Gasteiger partial charge on any atom is 0.0597 e. The van der Waals surface area contributed by atoms with Crippen LogP contribution >= 0.6 is 0 Å². The Kier molecular flexibility index (Phi) is 3.64. The standard InChI is InChI=1S/C13H23N3/c1-10-8-13(16(2)15-10)12(14)9-11-6-4-3-5-7-11/h8,11-12H,3-7,9,14H2,1-2H3. The minimum atomic E-state index is 0.161. The fourth-order valence-electron chi connectivity index (χ4n) is 2.88. The molecule has 1 heterocycles. The van der Waals surface area contributed by atoms with Gasteiger partial charge in [-0.3, -0.25) is 4.68 Å². The molecule has 1 unspecified atom stereocenters. The van der Waals surface area contributed by atoms with Gasteiger partial charge in [-0.25, -0.2) is 0 Å². The third-order valence-corrected chi connectivity index (χ3v) is 3.73. The molecule has 0 amide bonds. The molecule has 1 aliphatic carbocycles. The number of nitrogens with zero attached hydrogens (tertiary/aromatic N) is 2. The third-order valence-electron chi connectivity index (χ3n) is 3.73. The summed E-state index contributed by atoms with van der Waals surface area (Å²) in [5.41, 5.74) is 8.53. The molecule has 1 aromatic rings. The van der Waals surface area contributed by atoms with E-state index in [9.17, 15) is 0 Å². The van der Waals surface area contributed by atoms with Gasteiger partial charge in [0.1, 0.15) is 0 Å². The fraction of sp³-hybridized carbons (Fsp3) is 0.769. The molecule has 3 heteroatoms. The highest BCUT2D eigenvalue weighted by molar-refractivity contribution is 5.12. The van der Waals surface area contributed by atoms with Crippen LogP contribution in [0.15, 0.2) is 6.07 Å². The zero-order valence-electron chi connectivity index (χ0n) is 10.4. The molecule has 0 aromatic carbocycles. The van der Waals surface area contributed by atoms with Crippen LogP contribution in [0.4, 0.5) is 0 Å². The summed E-state index contributed by atoms with van der Waals surface area (Å²) in [6, 6.07) is 2.28. The second-order valence-electron chi connectivity index (χ2n) is 5.18. The average Bonchev–Trinajstić information content (AvgIpc) is 2.59. The van der Waals surface area contributed by atoms with Crippen LogP contribution in [-0.2, 0) is 7.05 Å². The Morgan fingerprint density at radius 2 is 2.12 bits per heavy atom. The van der Waals surface area contributed by atoms with Crippen molar-refractivity contribution in [2.75, 3.05) is 0 Å². The largest absolute Gasteiger partial charge is 0.323 e. The molecule has 1 atom stereocenters. The molecular formula is C13H23N3. The Balaban J connectivity index is 1.96. The Hall–Kier alpha value is -0.830. The van der Waals surface area contributed by atoms with Crippen molar-refractivity contribution < 1.29 is 0 Å². The number of hydrogen-bond donors (Lipinski definition) is 1. The summed E-state index contributed by atoms with van der Waals surface area (Å²) >= 11 is 0. The minimum absolute atomic E-state index is 0.161. The molecule has 90 valence electrons. The van der Waals surface area contributed by atoms with Gasteiger partial charge in [0, 0.05) is 13.1 Å². The molecule has 2 rings (SSSR count). The maximum absolute atomic E-state index is 6.28. The summed E-state index contributed by atoms with van der Waals surface area (Å²) in [7, 11) is 1.99. The van der Waals surface area contributed by atoms with E-state index in [4.69, 9.17) is 5.73 Å². The maximum atomic E-state index is 6.28. The first-order chi connectivity index (χ1) is 7.66. The molecular weight excluding hydrogens is 198 g/mol. The van der Waals surface area contributed by atoms with E-state index in [0.29, 0.717) is 0 Å². The van der Waals surface area contributed by atoms with Gasteiger partial charge in [0.2, 0.25) is 0 Å². The predicted molar refractivity (Wildman–Crippen MR) is 66.1 cm³/mol. The van der Waals surface area contributed by atoms with E-state index in [1.165, 1.54) is 37.8 Å². The lowest BCUT2D eigenvalue weighted by Gasteiger charge is -2.24. The predicted octanol–water partition coefficient (Wildman–Crippen LogP) is 2.70. The van der Waals surface area contributed by atoms with Crippen LogP contribution in [0.3, 0.4) is 0 Å². The first-order valence-corrected chi connectivity index (χ1v) is 6.43. The Bertz CT molecular complexity index is 337. The van der Waals surface area contributed by atoms with Gasteiger partial charge in [0.15, 0.2) is 0 Å². The molecule has 3 nitrogen and oxygen atoms in total. The van der Waals surface area contributed by atoms with Crippen molar-refractivity contribution in [2.24, 2.45) is 18.7 Å². The number of hydrogen-bond acceptors (Lipinski definition) is 2. The second-order valence-corrected chi connectivity index (χ2v) is 5.18. The summed E-state index contributed by atoms with van der Waals surface area (Å²) in [5.74, 6) is 0.832. The minimum Gasteiger partial charge on any atom is -0.323 e. The first-order valence-electron chi connectivity index (χ1n) is 6.43. The summed E-state index contributed by atoms with van der Waals surface area (Å²) in [4.78, 5) is 0. The van der Waals surface area contributed by atoms with Gasteiger partial charge in [0.25, 0.3) is 0 Å². The number of rotatable bonds is 3. The van der Waals surface area contributed by atoms with E-state index in [-0.39, 0.29) is 6.04 Å². The molecule has 0 spiro atoms. The summed E-state index contributed by atoms with van der Waals surface area (Å²) in [6.07, 6.45) is 8.05. The van der Waals surface area contributed by atoms with Crippen LogP contribution in [0, 0.1) is 12.8 Å². The molecule has 2 N–H and O–H groups in total. The van der Waals surface area contributed by atoms with Crippen molar-refractivity contribution in [3.63, 3.8) is 0 Å². The second kappa shape index (κ2) is 5.00. The van der Waals surface area contributed by atoms with E-state index < -0.39 is 0 Å². The van der Waals surface area contributed by atoms with E-state index in [1.807, 2.05) is 18.7 Å². The zero-order chi connectivity index (χ0) is 11.5. The molecule has 1 aliphatic rings. The van der Waals surface area contributed by atoms with E-state index in [0.717, 1.165) is 18.0 Å². The van der Waals surface area contributed by atoms with Gasteiger partial charge in [0.05, 0.1) is 11.4 Å². The van der Waals surface area contributed by atoms with E-state index in [2.05, 4.69) is 11.2 Å². The molecule has 1 fully saturated rings. The van der Waals surface area contributed by atoms with Crippen LogP contribution in [0.2, 0.25) is 0 Å². The summed E-state index contributed by atoms with van der Waals surface area (Å²) in [6.45, 7) is 2.02. The van der Waals surface area contributed by atoms with Crippen LogP contribution < -0.4 is 5.73 Å². The van der Waals surface area contributed by atoms with Crippen molar-refractivity contribution in [3.8, 4) is 0 Å². The van der Waals surface area contributed by atoms with Gasteiger partial charge in [-0.2, -0.15) is 5.10 Å². The highest BCUT2D eigenvalue weighted by Crippen LogP contribution is 2.30. The number of nitrogens with two attached hydrogens (primary N) is 1. The highest BCUT2D eigenvalue weighted by atomic mass is 15.3. The quantitative estimate of drug-likeness (QED) is 0.853. The summed E-state index contributed by atoms with van der Waals surface area (Å²) < 4.78 is 1.93. The number of aromatic nitrogens is 2. The molecule has 0 aliphatic heterocycles. The lowest BCUT2D eigenvalue weighted by Crippen LogP contribution is -2.19. The van der Waals surface area contributed by atoms with Gasteiger partial charge in [-0.05, 0) is 25.3 Å². The van der Waals surface area contributed by atoms with Crippen molar-refractivity contribution >= 4 is 0 Å². The lowest BCUT2D eigenvalue weighted by atomic mass is 9.84. The molecule has 0 bridgehead atoms. The van der Waals surface area contributed by atoms with Crippen LogP contribution in [0.5, 0.6) is 0 Å². The monoisotopic (exact) mass is 221 g/mol. The van der Waals surface area contributed by atoms with Crippen LogP contribution in [-0.4, -0.2) is 9.78 Å². The highest BCUT2D eigenvalue weighted by Gasteiger charge is 2.19. The Labute approximate surface area is 98.0 Å². The molecule has 1 aromatic heterocycles. The van der Waals surface area contributed by atoms with Gasteiger partial charge < -0.3 is 5.73 Å². The molecule has 16 heavy (non-hydrogen) atoms. The van der Waals surface area contributed by atoms with E-state index in [1.54, 1.807) is 0 Å². The van der Waals surface area contributed by atoms with Gasteiger partial charge in [-0.1, -0.05) is 32.1 Å². The summed E-state index contributed by atoms with van der Waals surface area (Å²) in [5, 5.41) is 4.36. The van der Waals surface area contributed by atoms with Gasteiger partial charge in [-0.15, -0.1) is 0 Å². The lowest BCUT2D eigenvalue weighted by molar-refractivity contribution is 0.315. The van der Waals surface area contributed by atoms with Crippen molar-refractivity contribution in [3.05, 3.63) is 17.5 Å². The fourth-order valence-corrected chi connectivity index (χ4v) is 2.88. The average molecular weight is 221 g/mol. The molecule has 0 saturated heterocycles. The van der Waals surface area contributed by atoms with E-state index >= 15 is 0 Å². The Morgan fingerprint density at radius 3 is 2.69 bits per heavy atom. The normalized spacial score (nSPS) is 19.9. The van der Waals surface area contributed by atoms with Gasteiger partial charge >= 0.3 is 0 Å². The van der Waals surface area contributed by atoms with Crippen molar-refractivity contribution in [1.82, 2.24) is 9.78 Å².